The van der Waals surface area contributed by atoms with Gasteiger partial charge >= 0.3 is 0 Å². The molecule has 2 aromatic rings. The Morgan fingerprint density at radius 1 is 1.21 bits per heavy atom. The molecule has 3 nitrogen and oxygen atoms in total. The summed E-state index contributed by atoms with van der Waals surface area (Å²) in [5.41, 5.74) is 6.33. The van der Waals surface area contributed by atoms with E-state index in [1.807, 2.05) is 18.4 Å². The molecule has 1 amide bonds. The second-order valence-electron chi connectivity index (χ2n) is 3.92. The number of halogens is 1. The minimum Gasteiger partial charge on any atom is -0.396 e. The van der Waals surface area contributed by atoms with Crippen LogP contribution in [0, 0.1) is 5.82 Å². The van der Waals surface area contributed by atoms with Gasteiger partial charge < -0.3 is 11.1 Å². The zero-order chi connectivity index (χ0) is 13.8. The number of carbonyl (C=O) groups excluding carboxylic acids is 1. The van der Waals surface area contributed by atoms with Gasteiger partial charge in [-0.05, 0) is 48.7 Å². The van der Waals surface area contributed by atoms with Crippen LogP contribution in [0.3, 0.4) is 0 Å². The third kappa shape index (κ3) is 3.26. The number of anilines is 2. The summed E-state index contributed by atoms with van der Waals surface area (Å²) >= 11 is 1.60. The zero-order valence-electron chi connectivity index (χ0n) is 10.3. The van der Waals surface area contributed by atoms with E-state index in [0.29, 0.717) is 11.3 Å². The molecule has 0 saturated heterocycles. The van der Waals surface area contributed by atoms with Gasteiger partial charge in [0.1, 0.15) is 5.82 Å². The van der Waals surface area contributed by atoms with Gasteiger partial charge in [0.15, 0.2) is 0 Å². The minimum absolute atomic E-state index is 0.0577. The second-order valence-corrected chi connectivity index (χ2v) is 4.80. The molecule has 0 aliphatic carbocycles. The maximum atomic E-state index is 13.3. The van der Waals surface area contributed by atoms with Crippen LogP contribution in [0.4, 0.5) is 15.8 Å². The van der Waals surface area contributed by atoms with Gasteiger partial charge in [-0.1, -0.05) is 0 Å². The lowest BCUT2D eigenvalue weighted by Gasteiger charge is -2.06. The van der Waals surface area contributed by atoms with Crippen LogP contribution in [0.1, 0.15) is 10.4 Å². The molecular formula is C14H13FN2OS. The van der Waals surface area contributed by atoms with Crippen molar-refractivity contribution in [3.05, 3.63) is 53.8 Å². The maximum absolute atomic E-state index is 13.3. The third-order valence-corrected chi connectivity index (χ3v) is 3.35. The summed E-state index contributed by atoms with van der Waals surface area (Å²) < 4.78 is 13.3. The molecule has 0 spiro atoms. The predicted molar refractivity (Wildman–Crippen MR) is 77.0 cm³/mol. The van der Waals surface area contributed by atoms with Crippen LogP contribution in [-0.2, 0) is 0 Å². The minimum atomic E-state index is -0.546. The Balaban J connectivity index is 2.13. The summed E-state index contributed by atoms with van der Waals surface area (Å²) in [7, 11) is 0. The molecule has 0 saturated carbocycles. The molecule has 0 unspecified atom stereocenters. The van der Waals surface area contributed by atoms with Gasteiger partial charge in [-0.25, -0.2) is 4.39 Å². The molecule has 2 rings (SSSR count). The lowest BCUT2D eigenvalue weighted by atomic mass is 10.2. The molecule has 0 fully saturated rings. The Morgan fingerprint density at radius 3 is 2.47 bits per heavy atom. The summed E-state index contributed by atoms with van der Waals surface area (Å²) in [4.78, 5) is 13.0. The third-order valence-electron chi connectivity index (χ3n) is 2.61. The first kappa shape index (κ1) is 13.4. The smallest absolute Gasteiger partial charge is 0.255 e. The molecule has 5 heteroatoms. The molecule has 0 atom stereocenters. The summed E-state index contributed by atoms with van der Waals surface area (Å²) in [5.74, 6) is -0.827. The number of carbonyl (C=O) groups is 1. The van der Waals surface area contributed by atoms with Gasteiger partial charge in [-0.3, -0.25) is 4.79 Å². The molecule has 0 aromatic heterocycles. The highest BCUT2D eigenvalue weighted by Crippen LogP contribution is 2.18. The average molecular weight is 276 g/mol. The quantitative estimate of drug-likeness (QED) is 0.667. The highest BCUT2D eigenvalue weighted by atomic mass is 32.2. The number of hydrogen-bond donors (Lipinski definition) is 2. The van der Waals surface area contributed by atoms with Crippen molar-refractivity contribution < 1.29 is 9.18 Å². The van der Waals surface area contributed by atoms with Crippen molar-refractivity contribution in [2.24, 2.45) is 0 Å². The van der Waals surface area contributed by atoms with E-state index < -0.39 is 5.82 Å². The number of nitrogen functional groups attached to an aromatic ring is 1. The van der Waals surface area contributed by atoms with E-state index in [-0.39, 0.29) is 11.6 Å². The SMILES string of the molecule is CSc1ccc(C(=O)Nc2ccc(N)c(F)c2)cc1. The number of nitrogens with one attached hydrogen (secondary N) is 1. The number of benzene rings is 2. The first-order valence-corrected chi connectivity index (χ1v) is 6.83. The number of thioether (sulfide) groups is 1. The van der Waals surface area contributed by atoms with E-state index in [2.05, 4.69) is 5.32 Å². The first-order valence-electron chi connectivity index (χ1n) is 5.60. The molecule has 0 bridgehead atoms. The van der Waals surface area contributed by atoms with Crippen LogP contribution in [0.5, 0.6) is 0 Å². The van der Waals surface area contributed by atoms with Crippen molar-refractivity contribution in [3.8, 4) is 0 Å². The first-order chi connectivity index (χ1) is 9.10. The normalized spacial score (nSPS) is 10.2. The lowest BCUT2D eigenvalue weighted by Crippen LogP contribution is -2.12. The Bertz CT molecular complexity index is 599. The van der Waals surface area contributed by atoms with Crippen molar-refractivity contribution in [1.82, 2.24) is 0 Å². The summed E-state index contributed by atoms with van der Waals surface area (Å²) in [6.07, 6.45) is 1.96. The van der Waals surface area contributed by atoms with Crippen LogP contribution in [-0.4, -0.2) is 12.2 Å². The van der Waals surface area contributed by atoms with E-state index in [4.69, 9.17) is 5.73 Å². The largest absolute Gasteiger partial charge is 0.396 e. The lowest BCUT2D eigenvalue weighted by molar-refractivity contribution is 0.102. The molecule has 98 valence electrons. The van der Waals surface area contributed by atoms with Crippen LogP contribution in [0.25, 0.3) is 0 Å². The monoisotopic (exact) mass is 276 g/mol. The summed E-state index contributed by atoms with van der Waals surface area (Å²) in [6, 6.07) is 11.4. The number of nitrogens with two attached hydrogens (primary N) is 1. The van der Waals surface area contributed by atoms with Crippen LogP contribution in [0.2, 0.25) is 0 Å². The van der Waals surface area contributed by atoms with Crippen LogP contribution < -0.4 is 11.1 Å². The predicted octanol–water partition coefficient (Wildman–Crippen LogP) is 3.38. The van der Waals surface area contributed by atoms with Crippen molar-refractivity contribution in [2.75, 3.05) is 17.3 Å². The topological polar surface area (TPSA) is 55.1 Å². The van der Waals surface area contributed by atoms with E-state index in [9.17, 15) is 9.18 Å². The molecular weight excluding hydrogens is 263 g/mol. The molecule has 0 radical (unpaired) electrons. The van der Waals surface area contributed by atoms with Gasteiger partial charge in [-0.15, -0.1) is 11.8 Å². The van der Waals surface area contributed by atoms with E-state index in [0.717, 1.165) is 4.90 Å². The summed E-state index contributed by atoms with van der Waals surface area (Å²) in [5, 5.41) is 2.62. The summed E-state index contributed by atoms with van der Waals surface area (Å²) in [6.45, 7) is 0. The van der Waals surface area contributed by atoms with Crippen LogP contribution >= 0.6 is 11.8 Å². The van der Waals surface area contributed by atoms with E-state index in [1.165, 1.54) is 12.1 Å². The maximum Gasteiger partial charge on any atom is 0.255 e. The van der Waals surface area contributed by atoms with Gasteiger partial charge in [0.25, 0.3) is 5.91 Å². The molecule has 3 N–H and O–H groups in total. The zero-order valence-corrected chi connectivity index (χ0v) is 11.1. The van der Waals surface area contributed by atoms with Crippen LogP contribution in [0.15, 0.2) is 47.4 Å². The fraction of sp³-hybridized carbons (Fsp3) is 0.0714. The number of amides is 1. The number of hydrogen-bond acceptors (Lipinski definition) is 3. The standard InChI is InChI=1S/C14H13FN2OS/c1-19-11-5-2-9(3-6-11)14(18)17-10-4-7-13(16)12(15)8-10/h2-8H,16H2,1H3,(H,17,18). The fourth-order valence-corrected chi connectivity index (χ4v) is 1.96. The second kappa shape index (κ2) is 5.75. The van der Waals surface area contributed by atoms with Crippen molar-refractivity contribution in [3.63, 3.8) is 0 Å². The number of rotatable bonds is 3. The van der Waals surface area contributed by atoms with E-state index in [1.54, 1.807) is 30.0 Å². The van der Waals surface area contributed by atoms with Crippen molar-refractivity contribution in [1.29, 1.82) is 0 Å². The van der Waals surface area contributed by atoms with Gasteiger partial charge in [0.05, 0.1) is 5.69 Å². The van der Waals surface area contributed by atoms with E-state index >= 15 is 0 Å². The highest BCUT2D eigenvalue weighted by molar-refractivity contribution is 7.98. The Hall–Kier alpha value is -2.01. The van der Waals surface area contributed by atoms with Crippen molar-refractivity contribution >= 4 is 29.0 Å². The van der Waals surface area contributed by atoms with Crippen molar-refractivity contribution in [2.45, 2.75) is 4.90 Å². The van der Waals surface area contributed by atoms with Gasteiger partial charge in [-0.2, -0.15) is 0 Å². The molecule has 0 aliphatic rings. The molecule has 2 aromatic carbocycles. The molecule has 0 heterocycles. The highest BCUT2D eigenvalue weighted by Gasteiger charge is 2.07. The molecule has 0 aliphatic heterocycles. The molecule has 19 heavy (non-hydrogen) atoms. The average Bonchev–Trinajstić information content (AvgIpc) is 2.43. The Morgan fingerprint density at radius 2 is 1.89 bits per heavy atom. The Labute approximate surface area is 115 Å². The fourth-order valence-electron chi connectivity index (χ4n) is 1.55. The Kier molecular flexibility index (Phi) is 4.06. The van der Waals surface area contributed by atoms with Gasteiger partial charge in [0, 0.05) is 16.1 Å². The van der Waals surface area contributed by atoms with Gasteiger partial charge in [0.2, 0.25) is 0 Å².